The van der Waals surface area contributed by atoms with Crippen LogP contribution in [0.25, 0.3) is 0 Å². The Balaban J connectivity index is 0. The predicted molar refractivity (Wildman–Crippen MR) is 21.2 cm³/mol. The van der Waals surface area contributed by atoms with Gasteiger partial charge in [-0.1, -0.05) is 5.43 Å². The van der Waals surface area contributed by atoms with E-state index in [2.05, 4.69) is 15.5 Å². The van der Waals surface area contributed by atoms with Crippen LogP contribution in [0.4, 0.5) is 0 Å². The van der Waals surface area contributed by atoms with Crippen molar-refractivity contribution in [3.63, 3.8) is 0 Å². The number of guanidine groups is 1. The Labute approximate surface area is 78.5 Å². The second kappa shape index (κ2) is 5.44. The van der Waals surface area contributed by atoms with Crippen molar-refractivity contribution in [3.8, 4) is 0 Å². The van der Waals surface area contributed by atoms with Gasteiger partial charge in [0.2, 0.25) is 0 Å². The molecule has 0 aromatic carbocycles. The molecule has 1 heterocycles. The Kier molecular flexibility index (Phi) is 6.71. The van der Waals surface area contributed by atoms with Gasteiger partial charge in [-0.25, -0.2) is 0 Å². The number of hydrogen-bond acceptors (Lipinski definition) is 5. The summed E-state index contributed by atoms with van der Waals surface area (Å²) in [4.78, 5) is 9.07. The summed E-state index contributed by atoms with van der Waals surface area (Å²) in [5.41, 5.74) is 0.986. The lowest BCUT2D eigenvalue weighted by Crippen LogP contribution is -3.00. The van der Waals surface area contributed by atoms with E-state index in [1.54, 1.807) is 0 Å². The molecule has 0 amide bonds. The van der Waals surface area contributed by atoms with Gasteiger partial charge in [0.05, 0.1) is 5.22 Å². The maximum Gasteiger partial charge on any atom is 0.589 e. The van der Waals surface area contributed by atoms with Crippen molar-refractivity contribution < 1.29 is 46.7 Å². The monoisotopic (exact) mass is 278 g/mol. The summed E-state index contributed by atoms with van der Waals surface area (Å²) in [6, 6.07) is 0. The third-order valence-electron chi connectivity index (χ3n) is 0.559. The summed E-state index contributed by atoms with van der Waals surface area (Å²) in [6.07, 6.45) is 0. The van der Waals surface area contributed by atoms with E-state index in [1.165, 1.54) is 0 Å². The minimum atomic E-state index is -0.653. The van der Waals surface area contributed by atoms with E-state index < -0.39 is 4.92 Å². The second-order valence-electron chi connectivity index (χ2n) is 1.05. The zero-order chi connectivity index (χ0) is 5.98. The van der Waals surface area contributed by atoms with Gasteiger partial charge in [0, 0.05) is 4.92 Å². The summed E-state index contributed by atoms with van der Waals surface area (Å²) in [5, 5.41) is 18.9. The van der Waals surface area contributed by atoms with Crippen LogP contribution in [0.5, 0.6) is 0 Å². The molecule has 1 aliphatic rings. The number of nitro groups is 1. The van der Waals surface area contributed by atoms with Crippen molar-refractivity contribution in [1.29, 1.82) is 0 Å². The van der Waals surface area contributed by atoms with Crippen LogP contribution in [0, 0.1) is 10.1 Å². The van der Waals surface area contributed by atoms with Crippen molar-refractivity contribution in [2.24, 2.45) is 15.5 Å². The molecule has 0 unspecified atom stereocenters. The van der Waals surface area contributed by atoms with Crippen LogP contribution < -0.4 is 41.8 Å². The topological polar surface area (TPSA) is 96.8 Å². The quantitative estimate of drug-likeness (QED) is 0.206. The average Bonchev–Trinajstić information content (AvgIpc) is 2.12. The summed E-state index contributed by atoms with van der Waals surface area (Å²) in [7, 11) is 0. The highest BCUT2D eigenvalue weighted by Crippen LogP contribution is 1.77. The van der Waals surface area contributed by atoms with Crippen LogP contribution in [0.15, 0.2) is 15.5 Å². The lowest BCUT2D eigenvalue weighted by Gasteiger charge is -1.79. The van der Waals surface area contributed by atoms with Gasteiger partial charge in [-0.3, -0.25) is 0 Å². The van der Waals surface area contributed by atoms with Gasteiger partial charge in [0.25, 0.3) is 0 Å². The van der Waals surface area contributed by atoms with Crippen molar-refractivity contribution >= 4 is 5.96 Å². The van der Waals surface area contributed by atoms with Gasteiger partial charge < -0.3 is 46.5 Å². The number of quaternary nitrogens is 1. The smallest absolute Gasteiger partial charge is 0.589 e. The zero-order valence-electron chi connectivity index (χ0n) is 4.44. The molecule has 0 fully saturated rings. The number of nitrogens with zero attached hydrogens (tertiary/aromatic N) is 4. The molecule has 1 aliphatic heterocycles. The maximum atomic E-state index is 9.73. The summed E-state index contributed by atoms with van der Waals surface area (Å²) < 4.78 is 0. The fourth-order valence-electron chi connectivity index (χ4n) is 0.259. The lowest BCUT2D eigenvalue weighted by atomic mass is 11.1. The van der Waals surface area contributed by atoms with Gasteiger partial charge in [0.15, 0.2) is 5.10 Å². The molecule has 0 bridgehead atoms. The van der Waals surface area contributed by atoms with Gasteiger partial charge in [-0.2, -0.15) is 0 Å². The zero-order valence-corrected chi connectivity index (χ0v) is 7.35. The molecular formula is CH2ClIN5O2-. The Hall–Kier alpha value is -0.350. The molecule has 10 heavy (non-hydrogen) atoms. The minimum Gasteiger partial charge on any atom is -1.00 e. The van der Waals surface area contributed by atoms with E-state index in [-0.39, 0.29) is 42.3 Å². The number of nitrogens with two attached hydrogens (primary N) is 1. The molecule has 7 nitrogen and oxygen atoms in total. The first kappa shape index (κ1) is 12.3. The molecule has 0 spiro atoms. The Morgan fingerprint density at radius 3 is 2.40 bits per heavy atom. The largest absolute Gasteiger partial charge is 1.00 e. The molecular weight excluding hydrogens is 276 g/mol. The highest BCUT2D eigenvalue weighted by molar-refractivity contribution is 5.60. The summed E-state index contributed by atoms with van der Waals surface area (Å²) >= 11 is 0. The Bertz CT molecular complexity index is 178. The van der Waals surface area contributed by atoms with Gasteiger partial charge in [-0.15, -0.1) is 0 Å². The van der Waals surface area contributed by atoms with E-state index >= 15 is 0 Å². The van der Waals surface area contributed by atoms with E-state index in [1.807, 2.05) is 0 Å². The molecule has 0 saturated carbocycles. The Morgan fingerprint density at radius 1 is 1.60 bits per heavy atom. The number of hydrogen-bond donors (Lipinski definition) is 1. The molecule has 0 aromatic heterocycles. The third-order valence-corrected chi connectivity index (χ3v) is 0.559. The highest BCUT2D eigenvalue weighted by atomic mass is 127. The summed E-state index contributed by atoms with van der Waals surface area (Å²) in [6.45, 7) is 0. The fraction of sp³-hybridized carbons (Fsp3) is 0. The Morgan fingerprint density at radius 2 is 2.20 bits per heavy atom. The van der Waals surface area contributed by atoms with Gasteiger partial charge in [0.1, 0.15) is 5.22 Å². The standard InChI is InChI=1S/CHN5O2.ClH.HI/c7-6(8)1-2-4-5-3-1;;/h(H,2,3,4,5);2*1H/p-1. The van der Waals surface area contributed by atoms with Crippen LogP contribution in [0.1, 0.15) is 0 Å². The summed E-state index contributed by atoms with van der Waals surface area (Å²) in [5.74, 6) is -0.315. The van der Waals surface area contributed by atoms with Crippen molar-refractivity contribution in [2.75, 3.05) is 0 Å². The normalized spacial score (nSPS) is 13.0. The first-order valence-corrected chi connectivity index (χ1v) is 1.76. The van der Waals surface area contributed by atoms with Crippen LogP contribution in [-0.4, -0.2) is 10.9 Å². The number of halogens is 2. The SMILES string of the molecule is O=[N+]([O-])C1=NN=N[NH2+]1.[Cl-].[I-]. The van der Waals surface area contributed by atoms with Crippen molar-refractivity contribution in [1.82, 2.24) is 0 Å². The number of rotatable bonds is 0. The van der Waals surface area contributed by atoms with Crippen LogP contribution in [-0.2, 0) is 0 Å². The first-order chi connectivity index (χ1) is 3.80. The third kappa shape index (κ3) is 2.98. The van der Waals surface area contributed by atoms with E-state index in [0.717, 1.165) is 5.43 Å². The van der Waals surface area contributed by atoms with E-state index in [0.29, 0.717) is 0 Å². The molecule has 58 valence electrons. The van der Waals surface area contributed by atoms with Crippen LogP contribution in [0.2, 0.25) is 0 Å². The molecule has 9 heteroatoms. The molecule has 0 radical (unpaired) electrons. The van der Waals surface area contributed by atoms with Gasteiger partial charge >= 0.3 is 5.96 Å². The van der Waals surface area contributed by atoms with Crippen molar-refractivity contribution in [2.45, 2.75) is 0 Å². The molecule has 1 rings (SSSR count). The molecule has 0 saturated heterocycles. The molecule has 2 N–H and O–H groups in total. The highest BCUT2D eigenvalue weighted by Gasteiger charge is 2.22. The lowest BCUT2D eigenvalue weighted by molar-refractivity contribution is -0.623. The van der Waals surface area contributed by atoms with Gasteiger partial charge in [-0.05, 0) is 0 Å². The first-order valence-electron chi connectivity index (χ1n) is 1.76. The van der Waals surface area contributed by atoms with E-state index in [4.69, 9.17) is 0 Å². The van der Waals surface area contributed by atoms with E-state index in [9.17, 15) is 10.1 Å². The molecule has 0 atom stereocenters. The minimum absolute atomic E-state index is 0. The van der Waals surface area contributed by atoms with Crippen LogP contribution >= 0.6 is 0 Å². The van der Waals surface area contributed by atoms with Crippen molar-refractivity contribution in [3.05, 3.63) is 10.1 Å². The maximum absolute atomic E-state index is 9.73. The predicted octanol–water partition coefficient (Wildman–Crippen LogP) is -7.51. The average molecular weight is 278 g/mol. The fourth-order valence-corrected chi connectivity index (χ4v) is 0.259. The second-order valence-corrected chi connectivity index (χ2v) is 1.05. The molecule has 0 aliphatic carbocycles. The van der Waals surface area contributed by atoms with Crippen LogP contribution in [0.3, 0.4) is 0 Å². The molecule has 0 aromatic rings.